The van der Waals surface area contributed by atoms with Gasteiger partial charge in [-0.05, 0) is 23.5 Å². The number of carboxylic acids is 1. The number of likely N-dealkylation sites (N-methyl/N-ethyl adjacent to an activating group) is 1. The molecule has 2 N–H and O–H groups in total. The predicted octanol–water partition coefficient (Wildman–Crippen LogP) is 3.48. The van der Waals surface area contributed by atoms with E-state index in [0.717, 1.165) is 11.1 Å². The maximum absolute atomic E-state index is 13.0. The van der Waals surface area contributed by atoms with Crippen molar-refractivity contribution in [2.75, 3.05) is 7.05 Å². The molecule has 166 valence electrons. The van der Waals surface area contributed by atoms with Gasteiger partial charge < -0.3 is 15.2 Å². The van der Waals surface area contributed by atoms with Gasteiger partial charge in [-0.15, -0.1) is 0 Å². The van der Waals surface area contributed by atoms with E-state index in [1.807, 2.05) is 62.4 Å². The van der Waals surface area contributed by atoms with E-state index >= 15 is 0 Å². The molecule has 0 saturated carbocycles. The van der Waals surface area contributed by atoms with Crippen LogP contribution in [-0.2, 0) is 27.4 Å². The van der Waals surface area contributed by atoms with Crippen molar-refractivity contribution in [1.82, 2.24) is 10.2 Å². The fourth-order valence-corrected chi connectivity index (χ4v) is 3.15. The van der Waals surface area contributed by atoms with Crippen LogP contribution >= 0.6 is 0 Å². The van der Waals surface area contributed by atoms with E-state index in [0.29, 0.717) is 6.42 Å². The molecule has 0 aliphatic carbocycles. The largest absolute Gasteiger partial charge is 0.480 e. The lowest BCUT2D eigenvalue weighted by atomic mass is 10.0. The van der Waals surface area contributed by atoms with Gasteiger partial charge in [0, 0.05) is 13.5 Å². The quantitative estimate of drug-likeness (QED) is 0.606. The molecule has 0 saturated heterocycles. The molecule has 0 aromatic heterocycles. The average Bonchev–Trinajstić information content (AvgIpc) is 2.76. The molecule has 0 aliphatic heterocycles. The molecule has 31 heavy (non-hydrogen) atoms. The van der Waals surface area contributed by atoms with Gasteiger partial charge in [0.15, 0.2) is 0 Å². The number of benzene rings is 2. The molecule has 0 fully saturated rings. The Morgan fingerprint density at radius 2 is 1.52 bits per heavy atom. The first-order valence-electron chi connectivity index (χ1n) is 10.3. The van der Waals surface area contributed by atoms with Gasteiger partial charge in [-0.1, -0.05) is 74.5 Å². The van der Waals surface area contributed by atoms with Crippen molar-refractivity contribution < 1.29 is 24.2 Å². The van der Waals surface area contributed by atoms with Crippen LogP contribution < -0.4 is 5.32 Å². The second-order valence-corrected chi connectivity index (χ2v) is 7.89. The fraction of sp³-hybridized carbons (Fsp3) is 0.375. The van der Waals surface area contributed by atoms with Crippen molar-refractivity contribution in [2.24, 2.45) is 5.92 Å². The fourth-order valence-electron chi connectivity index (χ4n) is 3.15. The number of carbonyl (C=O) groups excluding carboxylic acids is 2. The van der Waals surface area contributed by atoms with Crippen LogP contribution in [0.2, 0.25) is 0 Å². The van der Waals surface area contributed by atoms with Crippen LogP contribution in [-0.4, -0.2) is 47.1 Å². The summed E-state index contributed by atoms with van der Waals surface area (Å²) in [5.41, 5.74) is 1.63. The molecule has 2 rings (SSSR count). The Balaban J connectivity index is 2.06. The molecule has 2 aromatic rings. The van der Waals surface area contributed by atoms with Gasteiger partial charge in [0.1, 0.15) is 18.7 Å². The monoisotopic (exact) mass is 426 g/mol. The standard InChI is InChI=1S/C24H30N2O5/c1-17(2)14-21(26(3)24(30)31-16-19-12-8-5-9-13-19)22(27)25-20(23(28)29)15-18-10-6-4-7-11-18/h4-13,17,20-21H,14-16H2,1-3H3,(H,25,27)(H,28,29)/t20-,21-/m0/s1. The number of aliphatic carboxylic acids is 1. The number of hydrogen-bond donors (Lipinski definition) is 2. The SMILES string of the molecule is CC(C)C[C@@H](C(=O)N[C@@H](Cc1ccccc1)C(=O)O)N(C)C(=O)OCc1ccccc1. The van der Waals surface area contributed by atoms with Crippen LogP contribution in [0.25, 0.3) is 0 Å². The first-order chi connectivity index (χ1) is 14.8. The van der Waals surface area contributed by atoms with Gasteiger partial charge in [-0.25, -0.2) is 9.59 Å². The molecular formula is C24H30N2O5. The Hall–Kier alpha value is -3.35. The first-order valence-corrected chi connectivity index (χ1v) is 10.3. The summed E-state index contributed by atoms with van der Waals surface area (Å²) < 4.78 is 5.34. The summed E-state index contributed by atoms with van der Waals surface area (Å²) in [5.74, 6) is -1.54. The maximum atomic E-state index is 13.0. The summed E-state index contributed by atoms with van der Waals surface area (Å²) in [5, 5.41) is 12.2. The average molecular weight is 427 g/mol. The highest BCUT2D eigenvalue weighted by molar-refractivity contribution is 5.89. The molecule has 0 unspecified atom stereocenters. The van der Waals surface area contributed by atoms with E-state index in [1.54, 1.807) is 12.1 Å². The second-order valence-electron chi connectivity index (χ2n) is 7.89. The lowest BCUT2D eigenvalue weighted by Gasteiger charge is -2.29. The number of rotatable bonds is 10. The van der Waals surface area contributed by atoms with Gasteiger partial charge in [-0.2, -0.15) is 0 Å². The third-order valence-electron chi connectivity index (χ3n) is 4.86. The Bertz CT molecular complexity index is 855. The summed E-state index contributed by atoms with van der Waals surface area (Å²) in [4.78, 5) is 38.5. The molecule has 0 bridgehead atoms. The molecule has 2 aromatic carbocycles. The van der Waals surface area contributed by atoms with Crippen molar-refractivity contribution in [1.29, 1.82) is 0 Å². The van der Waals surface area contributed by atoms with E-state index in [2.05, 4.69) is 5.32 Å². The minimum absolute atomic E-state index is 0.0891. The summed E-state index contributed by atoms with van der Waals surface area (Å²) in [6.45, 7) is 3.95. The number of nitrogens with zero attached hydrogens (tertiary/aromatic N) is 1. The molecule has 2 atom stereocenters. The third kappa shape index (κ3) is 7.77. The van der Waals surface area contributed by atoms with Crippen molar-refractivity contribution in [2.45, 2.75) is 45.4 Å². The summed E-state index contributed by atoms with van der Waals surface area (Å²) in [6.07, 6.45) is -0.113. The second kappa shape index (κ2) is 11.7. The molecule has 2 amide bonds. The zero-order valence-electron chi connectivity index (χ0n) is 18.2. The van der Waals surface area contributed by atoms with Crippen molar-refractivity contribution in [3.63, 3.8) is 0 Å². The normalized spacial score (nSPS) is 12.6. The number of amides is 2. The third-order valence-corrected chi connectivity index (χ3v) is 4.86. The van der Waals surface area contributed by atoms with Crippen LogP contribution in [0.1, 0.15) is 31.4 Å². The summed E-state index contributed by atoms with van der Waals surface area (Å²) in [7, 11) is 1.49. The van der Waals surface area contributed by atoms with Crippen molar-refractivity contribution in [3.8, 4) is 0 Å². The van der Waals surface area contributed by atoms with E-state index in [1.165, 1.54) is 11.9 Å². The van der Waals surface area contributed by atoms with Crippen LogP contribution in [0.15, 0.2) is 60.7 Å². The minimum Gasteiger partial charge on any atom is -0.480 e. The topological polar surface area (TPSA) is 95.9 Å². The highest BCUT2D eigenvalue weighted by Gasteiger charge is 2.31. The lowest BCUT2D eigenvalue weighted by Crippen LogP contribution is -2.53. The molecule has 0 aliphatic rings. The molecule has 7 nitrogen and oxygen atoms in total. The summed E-state index contributed by atoms with van der Waals surface area (Å²) in [6, 6.07) is 16.4. The van der Waals surface area contributed by atoms with Gasteiger partial charge in [0.2, 0.25) is 5.91 Å². The predicted molar refractivity (Wildman–Crippen MR) is 117 cm³/mol. The Morgan fingerprint density at radius 1 is 0.968 bits per heavy atom. The minimum atomic E-state index is -1.13. The number of nitrogens with one attached hydrogen (secondary N) is 1. The first kappa shape index (κ1) is 23.9. The van der Waals surface area contributed by atoms with Gasteiger partial charge >= 0.3 is 12.1 Å². The van der Waals surface area contributed by atoms with Gasteiger partial charge in [0.25, 0.3) is 0 Å². The smallest absolute Gasteiger partial charge is 0.410 e. The van der Waals surface area contributed by atoms with Crippen LogP contribution in [0.3, 0.4) is 0 Å². The van der Waals surface area contributed by atoms with Crippen LogP contribution in [0.4, 0.5) is 4.79 Å². The Labute approximate surface area is 183 Å². The van der Waals surface area contributed by atoms with Gasteiger partial charge in [-0.3, -0.25) is 9.69 Å². The maximum Gasteiger partial charge on any atom is 0.410 e. The Morgan fingerprint density at radius 3 is 2.03 bits per heavy atom. The van der Waals surface area contributed by atoms with E-state index in [4.69, 9.17) is 4.74 Å². The number of ether oxygens (including phenoxy) is 1. The molecule has 0 radical (unpaired) electrons. The van der Waals surface area contributed by atoms with E-state index < -0.39 is 30.1 Å². The Kier molecular flexibility index (Phi) is 9.06. The summed E-state index contributed by atoms with van der Waals surface area (Å²) >= 11 is 0. The van der Waals surface area contributed by atoms with Crippen LogP contribution in [0, 0.1) is 5.92 Å². The zero-order valence-corrected chi connectivity index (χ0v) is 18.2. The number of carboxylic acid groups (broad SMARTS) is 1. The molecule has 7 heteroatoms. The van der Waals surface area contributed by atoms with E-state index in [9.17, 15) is 19.5 Å². The number of carbonyl (C=O) groups is 3. The lowest BCUT2D eigenvalue weighted by molar-refractivity contribution is -0.142. The molecule has 0 heterocycles. The zero-order chi connectivity index (χ0) is 22.8. The highest BCUT2D eigenvalue weighted by Crippen LogP contribution is 2.14. The van der Waals surface area contributed by atoms with E-state index in [-0.39, 0.29) is 18.9 Å². The molecule has 0 spiro atoms. The molecular weight excluding hydrogens is 396 g/mol. The van der Waals surface area contributed by atoms with Crippen molar-refractivity contribution >= 4 is 18.0 Å². The van der Waals surface area contributed by atoms with Crippen molar-refractivity contribution in [3.05, 3.63) is 71.8 Å². The highest BCUT2D eigenvalue weighted by atomic mass is 16.6. The van der Waals surface area contributed by atoms with Gasteiger partial charge in [0.05, 0.1) is 0 Å². The van der Waals surface area contributed by atoms with Crippen LogP contribution in [0.5, 0.6) is 0 Å². The number of hydrogen-bond acceptors (Lipinski definition) is 4.